The molecule has 2 aromatic heterocycles. The van der Waals surface area contributed by atoms with Crippen LogP contribution in [-0.4, -0.2) is 25.2 Å². The standard InChI is InChI=1S/C13H18N2OS2/c1-9-8-11(10(2)18-9)12(14-4-6-16-3)13-15-5-7-17-13/h5,7-8,12,14H,4,6H2,1-3H3. The van der Waals surface area contributed by atoms with Gasteiger partial charge in [-0.05, 0) is 25.5 Å². The van der Waals surface area contributed by atoms with Gasteiger partial charge in [0.05, 0.1) is 12.6 Å². The second-order valence-electron chi connectivity index (χ2n) is 4.12. The molecule has 0 saturated carbocycles. The van der Waals surface area contributed by atoms with Gasteiger partial charge in [0.1, 0.15) is 5.01 Å². The Morgan fingerprint density at radius 2 is 2.28 bits per heavy atom. The molecular weight excluding hydrogens is 264 g/mol. The van der Waals surface area contributed by atoms with Gasteiger partial charge in [0.2, 0.25) is 0 Å². The highest BCUT2D eigenvalue weighted by molar-refractivity contribution is 7.12. The van der Waals surface area contributed by atoms with Gasteiger partial charge >= 0.3 is 0 Å². The van der Waals surface area contributed by atoms with Crippen molar-refractivity contribution < 1.29 is 4.74 Å². The molecule has 0 aromatic carbocycles. The second kappa shape index (κ2) is 6.43. The smallest absolute Gasteiger partial charge is 0.114 e. The average molecular weight is 282 g/mol. The predicted octanol–water partition coefficient (Wildman–Crippen LogP) is 3.15. The molecule has 5 heteroatoms. The Bertz CT molecular complexity index is 479. The quantitative estimate of drug-likeness (QED) is 0.827. The molecule has 0 fully saturated rings. The van der Waals surface area contributed by atoms with E-state index in [9.17, 15) is 0 Å². The minimum Gasteiger partial charge on any atom is -0.383 e. The van der Waals surface area contributed by atoms with Gasteiger partial charge in [-0.15, -0.1) is 22.7 Å². The number of aryl methyl sites for hydroxylation is 2. The highest BCUT2D eigenvalue weighted by atomic mass is 32.1. The van der Waals surface area contributed by atoms with E-state index in [1.165, 1.54) is 15.3 Å². The number of nitrogens with zero attached hydrogens (tertiary/aromatic N) is 1. The summed E-state index contributed by atoms with van der Waals surface area (Å²) in [4.78, 5) is 7.15. The van der Waals surface area contributed by atoms with Gasteiger partial charge in [0.15, 0.2) is 0 Å². The van der Waals surface area contributed by atoms with Gasteiger partial charge < -0.3 is 10.1 Å². The van der Waals surface area contributed by atoms with Crippen LogP contribution in [0.15, 0.2) is 17.6 Å². The first-order valence-electron chi connectivity index (χ1n) is 5.91. The Morgan fingerprint density at radius 3 is 2.83 bits per heavy atom. The van der Waals surface area contributed by atoms with Gasteiger partial charge in [-0.2, -0.15) is 0 Å². The normalized spacial score (nSPS) is 12.8. The zero-order valence-corrected chi connectivity index (χ0v) is 12.5. The maximum Gasteiger partial charge on any atom is 0.114 e. The van der Waals surface area contributed by atoms with E-state index in [-0.39, 0.29) is 6.04 Å². The van der Waals surface area contributed by atoms with Crippen LogP contribution in [0.3, 0.4) is 0 Å². The molecule has 0 aliphatic heterocycles. The average Bonchev–Trinajstić information content (AvgIpc) is 2.95. The van der Waals surface area contributed by atoms with E-state index in [0.29, 0.717) is 6.61 Å². The summed E-state index contributed by atoms with van der Waals surface area (Å²) in [7, 11) is 1.72. The number of hydrogen-bond acceptors (Lipinski definition) is 5. The van der Waals surface area contributed by atoms with Crippen molar-refractivity contribution in [1.29, 1.82) is 0 Å². The van der Waals surface area contributed by atoms with Gasteiger partial charge in [-0.3, -0.25) is 0 Å². The third-order valence-corrected chi connectivity index (χ3v) is 4.57. The van der Waals surface area contributed by atoms with E-state index >= 15 is 0 Å². The lowest BCUT2D eigenvalue weighted by molar-refractivity contribution is 0.197. The Balaban J connectivity index is 2.22. The topological polar surface area (TPSA) is 34.1 Å². The second-order valence-corrected chi connectivity index (χ2v) is 6.51. The maximum atomic E-state index is 5.10. The lowest BCUT2D eigenvalue weighted by Crippen LogP contribution is -2.26. The minimum atomic E-state index is 0.185. The van der Waals surface area contributed by atoms with Gasteiger partial charge in [0, 0.05) is 35.0 Å². The number of thiazole rings is 1. The molecule has 0 aliphatic rings. The fraction of sp³-hybridized carbons (Fsp3) is 0.462. The first kappa shape index (κ1) is 13.7. The van der Waals surface area contributed by atoms with Gasteiger partial charge in [-0.1, -0.05) is 0 Å². The molecule has 1 unspecified atom stereocenters. The van der Waals surface area contributed by atoms with E-state index in [1.807, 2.05) is 22.9 Å². The van der Waals surface area contributed by atoms with Crippen molar-refractivity contribution >= 4 is 22.7 Å². The molecule has 0 saturated heterocycles. The van der Waals surface area contributed by atoms with Crippen molar-refractivity contribution in [3.63, 3.8) is 0 Å². The highest BCUT2D eigenvalue weighted by Crippen LogP contribution is 2.31. The van der Waals surface area contributed by atoms with E-state index in [0.717, 1.165) is 11.6 Å². The first-order chi connectivity index (χ1) is 8.72. The Hall–Kier alpha value is -0.750. The number of methoxy groups -OCH3 is 1. The van der Waals surface area contributed by atoms with Crippen LogP contribution in [0.1, 0.15) is 26.4 Å². The number of ether oxygens (including phenoxy) is 1. The Morgan fingerprint density at radius 1 is 1.44 bits per heavy atom. The van der Waals surface area contributed by atoms with E-state index in [2.05, 4.69) is 30.2 Å². The highest BCUT2D eigenvalue weighted by Gasteiger charge is 2.19. The molecule has 2 heterocycles. The Labute approximate surface area is 116 Å². The largest absolute Gasteiger partial charge is 0.383 e. The van der Waals surface area contributed by atoms with E-state index < -0.39 is 0 Å². The summed E-state index contributed by atoms with van der Waals surface area (Å²) in [5, 5.41) is 6.66. The fourth-order valence-corrected chi connectivity index (χ4v) is 3.64. The first-order valence-corrected chi connectivity index (χ1v) is 7.60. The van der Waals surface area contributed by atoms with Crippen molar-refractivity contribution in [2.24, 2.45) is 0 Å². The monoisotopic (exact) mass is 282 g/mol. The van der Waals surface area contributed by atoms with Crippen LogP contribution in [0.5, 0.6) is 0 Å². The van der Waals surface area contributed by atoms with Crippen LogP contribution in [0.25, 0.3) is 0 Å². The van der Waals surface area contributed by atoms with E-state index in [1.54, 1.807) is 18.4 Å². The van der Waals surface area contributed by atoms with Crippen molar-refractivity contribution in [2.45, 2.75) is 19.9 Å². The van der Waals surface area contributed by atoms with Crippen LogP contribution in [0.4, 0.5) is 0 Å². The van der Waals surface area contributed by atoms with Crippen molar-refractivity contribution in [3.8, 4) is 0 Å². The molecule has 0 spiro atoms. The molecule has 0 radical (unpaired) electrons. The van der Waals surface area contributed by atoms with Crippen LogP contribution in [-0.2, 0) is 4.74 Å². The maximum absolute atomic E-state index is 5.10. The molecular formula is C13H18N2OS2. The molecule has 2 aromatic rings. The van der Waals surface area contributed by atoms with E-state index in [4.69, 9.17) is 4.74 Å². The third-order valence-electron chi connectivity index (χ3n) is 2.74. The van der Waals surface area contributed by atoms with Gasteiger partial charge in [-0.25, -0.2) is 4.98 Å². The molecule has 0 amide bonds. The third kappa shape index (κ3) is 3.17. The van der Waals surface area contributed by atoms with Crippen LogP contribution in [0.2, 0.25) is 0 Å². The summed E-state index contributed by atoms with van der Waals surface area (Å²) in [5.41, 5.74) is 1.34. The van der Waals surface area contributed by atoms with Crippen LogP contribution in [0, 0.1) is 13.8 Å². The predicted molar refractivity (Wildman–Crippen MR) is 77.6 cm³/mol. The number of thiophene rings is 1. The molecule has 0 aliphatic carbocycles. The number of hydrogen-bond donors (Lipinski definition) is 1. The number of rotatable bonds is 6. The zero-order valence-electron chi connectivity index (χ0n) is 10.9. The lowest BCUT2D eigenvalue weighted by Gasteiger charge is -2.16. The summed E-state index contributed by atoms with van der Waals surface area (Å²) in [5.74, 6) is 0. The summed E-state index contributed by atoms with van der Waals surface area (Å²) >= 11 is 3.53. The van der Waals surface area contributed by atoms with Gasteiger partial charge in [0.25, 0.3) is 0 Å². The number of aromatic nitrogens is 1. The molecule has 18 heavy (non-hydrogen) atoms. The summed E-state index contributed by atoms with van der Waals surface area (Å²) in [6.45, 7) is 5.86. The lowest BCUT2D eigenvalue weighted by atomic mass is 10.1. The van der Waals surface area contributed by atoms with Crippen molar-refractivity contribution in [1.82, 2.24) is 10.3 Å². The van der Waals surface area contributed by atoms with Crippen LogP contribution >= 0.6 is 22.7 Å². The Kier molecular flexibility index (Phi) is 4.88. The summed E-state index contributed by atoms with van der Waals surface area (Å²) < 4.78 is 5.10. The summed E-state index contributed by atoms with van der Waals surface area (Å²) in [6.07, 6.45) is 1.86. The molecule has 98 valence electrons. The van der Waals surface area contributed by atoms with Crippen LogP contribution < -0.4 is 5.32 Å². The minimum absolute atomic E-state index is 0.185. The molecule has 3 nitrogen and oxygen atoms in total. The van der Waals surface area contributed by atoms with Crippen molar-refractivity contribution in [3.05, 3.63) is 38.0 Å². The molecule has 1 N–H and O–H groups in total. The SMILES string of the molecule is COCCNC(c1nccs1)c1cc(C)sc1C. The summed E-state index contributed by atoms with van der Waals surface area (Å²) in [6, 6.07) is 2.44. The number of nitrogens with one attached hydrogen (secondary N) is 1. The van der Waals surface area contributed by atoms with Crippen molar-refractivity contribution in [2.75, 3.05) is 20.3 Å². The fourth-order valence-electron chi connectivity index (χ4n) is 1.95. The molecule has 2 rings (SSSR count). The molecule has 0 bridgehead atoms. The molecule has 1 atom stereocenters. The zero-order chi connectivity index (χ0) is 13.0.